The molecule has 1 saturated heterocycles. The first kappa shape index (κ1) is 19.3. The minimum atomic E-state index is 0. The molecular formula is C21H29ClN2O2. The van der Waals surface area contributed by atoms with E-state index in [0.717, 1.165) is 42.6 Å². The lowest BCUT2D eigenvalue weighted by atomic mass is 9.75. The highest BCUT2D eigenvalue weighted by atomic mass is 35.5. The fraction of sp³-hybridized carbons (Fsp3) is 0.524. The van der Waals surface area contributed by atoms with E-state index in [9.17, 15) is 5.11 Å². The SMILES string of the molecule is C=C[C@H]1C[N@+]2(C)CCc3c([nH]c4ccc(OC)cc34)[C@@H]2C[C@@H]1CCO.[Cl-]. The molecule has 0 amide bonds. The molecule has 3 heterocycles. The zero-order valence-corrected chi connectivity index (χ0v) is 16.4. The molecule has 0 radical (unpaired) electrons. The van der Waals surface area contributed by atoms with E-state index in [2.05, 4.69) is 36.8 Å². The molecule has 26 heavy (non-hydrogen) atoms. The van der Waals surface area contributed by atoms with Gasteiger partial charge in [-0.1, -0.05) is 6.08 Å². The molecule has 4 nitrogen and oxygen atoms in total. The lowest BCUT2D eigenvalue weighted by Gasteiger charge is -2.51. The number of halogens is 1. The van der Waals surface area contributed by atoms with E-state index in [1.165, 1.54) is 22.2 Å². The van der Waals surface area contributed by atoms with Crippen molar-refractivity contribution in [3.63, 3.8) is 0 Å². The Bertz CT molecular complexity index is 803. The summed E-state index contributed by atoms with van der Waals surface area (Å²) < 4.78 is 6.51. The first-order valence-electron chi connectivity index (χ1n) is 9.35. The van der Waals surface area contributed by atoms with Crippen molar-refractivity contribution in [1.82, 2.24) is 4.98 Å². The number of likely N-dealkylation sites (N-methyl/N-ethyl adjacent to an activating group) is 1. The molecule has 0 bridgehead atoms. The number of benzene rings is 1. The quantitative estimate of drug-likeness (QED) is 0.600. The number of H-pyrrole nitrogens is 1. The Hall–Kier alpha value is -1.49. The summed E-state index contributed by atoms with van der Waals surface area (Å²) in [6.07, 6.45) is 5.21. The Morgan fingerprint density at radius 2 is 2.23 bits per heavy atom. The van der Waals surface area contributed by atoms with Crippen LogP contribution in [-0.2, 0) is 6.42 Å². The van der Waals surface area contributed by atoms with E-state index in [-0.39, 0.29) is 19.0 Å². The van der Waals surface area contributed by atoms with Crippen molar-refractivity contribution in [2.24, 2.45) is 11.8 Å². The van der Waals surface area contributed by atoms with Gasteiger partial charge in [-0.15, -0.1) is 6.58 Å². The predicted molar refractivity (Wildman–Crippen MR) is 101 cm³/mol. The highest BCUT2D eigenvalue weighted by molar-refractivity contribution is 5.86. The minimum absolute atomic E-state index is 0. The van der Waals surface area contributed by atoms with E-state index in [4.69, 9.17) is 4.74 Å². The molecule has 2 aliphatic heterocycles. The van der Waals surface area contributed by atoms with Gasteiger partial charge in [0.2, 0.25) is 0 Å². The first-order valence-corrected chi connectivity index (χ1v) is 9.35. The summed E-state index contributed by atoms with van der Waals surface area (Å²) in [5, 5.41) is 10.8. The summed E-state index contributed by atoms with van der Waals surface area (Å²) in [6, 6.07) is 6.81. The van der Waals surface area contributed by atoms with E-state index in [1.54, 1.807) is 7.11 Å². The van der Waals surface area contributed by atoms with Gasteiger partial charge in [-0.2, -0.15) is 0 Å². The number of rotatable bonds is 4. The van der Waals surface area contributed by atoms with Crippen molar-refractivity contribution in [2.75, 3.05) is 33.9 Å². The molecule has 2 N–H and O–H groups in total. The topological polar surface area (TPSA) is 45.2 Å². The average molecular weight is 377 g/mol. The molecule has 1 aromatic carbocycles. The van der Waals surface area contributed by atoms with Crippen molar-refractivity contribution in [3.05, 3.63) is 42.1 Å². The maximum Gasteiger partial charge on any atom is 0.130 e. The summed E-state index contributed by atoms with van der Waals surface area (Å²) in [4.78, 5) is 3.73. The molecule has 0 unspecified atom stereocenters. The number of aromatic nitrogens is 1. The van der Waals surface area contributed by atoms with Crippen molar-refractivity contribution in [3.8, 4) is 5.75 Å². The third-order valence-corrected chi connectivity index (χ3v) is 6.67. The third-order valence-electron chi connectivity index (χ3n) is 6.67. The number of aromatic amines is 1. The number of aliphatic hydroxyl groups is 1. The number of quaternary nitrogens is 1. The van der Waals surface area contributed by atoms with Crippen LogP contribution < -0.4 is 17.1 Å². The summed E-state index contributed by atoms with van der Waals surface area (Å²) >= 11 is 0. The van der Waals surface area contributed by atoms with Crippen molar-refractivity contribution < 1.29 is 26.7 Å². The molecule has 1 fully saturated rings. The van der Waals surface area contributed by atoms with Crippen molar-refractivity contribution in [2.45, 2.75) is 25.3 Å². The van der Waals surface area contributed by atoms with Gasteiger partial charge in [0.15, 0.2) is 0 Å². The molecule has 1 aromatic heterocycles. The van der Waals surface area contributed by atoms with Gasteiger partial charge in [-0.05, 0) is 36.1 Å². The Kier molecular flexibility index (Phi) is 5.38. The number of piperidine rings is 1. The van der Waals surface area contributed by atoms with Crippen LogP contribution in [0.1, 0.15) is 30.1 Å². The van der Waals surface area contributed by atoms with Crippen LogP contribution in [0.5, 0.6) is 5.75 Å². The van der Waals surface area contributed by atoms with Crippen LogP contribution in [0.2, 0.25) is 0 Å². The van der Waals surface area contributed by atoms with Crippen LogP contribution in [0, 0.1) is 11.8 Å². The molecule has 0 spiro atoms. The number of ether oxygens (including phenoxy) is 1. The number of hydrogen-bond acceptors (Lipinski definition) is 2. The Morgan fingerprint density at radius 3 is 2.92 bits per heavy atom. The standard InChI is InChI=1S/C21H29N2O2.ClH/c1-4-14-13-23(2)9-7-17-18-12-16(25-3)5-6-19(18)22-21(17)20(23)11-15(14)8-10-24;/h4-6,12,14-15,20,22,24H,1,7-11,13H2,2-3H3;1H/q+1;/p-1/t14-,15-,20-,23-;/m0./s1. The Balaban J connectivity index is 0.00000196. The fourth-order valence-electron chi connectivity index (χ4n) is 5.21. The lowest BCUT2D eigenvalue weighted by Crippen LogP contribution is -3.00. The minimum Gasteiger partial charge on any atom is -1.00 e. The summed E-state index contributed by atoms with van der Waals surface area (Å²) in [6.45, 7) is 6.62. The predicted octanol–water partition coefficient (Wildman–Crippen LogP) is 0.429. The van der Waals surface area contributed by atoms with E-state index in [1.807, 2.05) is 6.07 Å². The molecule has 4 atom stereocenters. The van der Waals surface area contributed by atoms with Gasteiger partial charge in [0, 0.05) is 36.3 Å². The van der Waals surface area contributed by atoms with Crippen molar-refractivity contribution in [1.29, 1.82) is 0 Å². The fourth-order valence-corrected chi connectivity index (χ4v) is 5.21. The van der Waals surface area contributed by atoms with Gasteiger partial charge in [0.25, 0.3) is 0 Å². The highest BCUT2D eigenvalue weighted by Gasteiger charge is 2.48. The zero-order valence-electron chi connectivity index (χ0n) is 15.7. The molecule has 0 aliphatic carbocycles. The molecule has 0 saturated carbocycles. The second kappa shape index (κ2) is 7.26. The van der Waals surface area contributed by atoms with Gasteiger partial charge in [-0.3, -0.25) is 0 Å². The van der Waals surface area contributed by atoms with Gasteiger partial charge in [-0.25, -0.2) is 0 Å². The van der Waals surface area contributed by atoms with Crippen LogP contribution in [0.4, 0.5) is 0 Å². The summed E-state index contributed by atoms with van der Waals surface area (Å²) in [7, 11) is 4.12. The Morgan fingerprint density at radius 1 is 1.42 bits per heavy atom. The molecule has 2 aromatic rings. The maximum absolute atomic E-state index is 9.50. The number of aliphatic hydroxyl groups excluding tert-OH is 1. The number of nitrogens with zero attached hydrogens (tertiary/aromatic N) is 1. The molecular weight excluding hydrogens is 348 g/mol. The lowest BCUT2D eigenvalue weighted by molar-refractivity contribution is -0.950. The third kappa shape index (κ3) is 2.94. The normalized spacial score (nSPS) is 30.2. The van der Waals surface area contributed by atoms with Gasteiger partial charge in [0.05, 0.1) is 32.9 Å². The van der Waals surface area contributed by atoms with E-state index in [0.29, 0.717) is 17.9 Å². The second-order valence-corrected chi connectivity index (χ2v) is 7.99. The summed E-state index contributed by atoms with van der Waals surface area (Å²) in [5.41, 5.74) is 4.08. The van der Waals surface area contributed by atoms with Crippen LogP contribution in [0.15, 0.2) is 30.9 Å². The smallest absolute Gasteiger partial charge is 0.130 e. The molecule has 142 valence electrons. The highest BCUT2D eigenvalue weighted by Crippen LogP contribution is 2.47. The number of hydrogen-bond donors (Lipinski definition) is 2. The summed E-state index contributed by atoms with van der Waals surface area (Å²) in [5.74, 6) is 1.94. The monoisotopic (exact) mass is 376 g/mol. The van der Waals surface area contributed by atoms with Crippen LogP contribution in [0.25, 0.3) is 10.9 Å². The van der Waals surface area contributed by atoms with E-state index >= 15 is 0 Å². The number of fused-ring (bicyclic) bond motifs is 5. The number of methoxy groups -OCH3 is 1. The Labute approximate surface area is 161 Å². The average Bonchev–Trinajstić information content (AvgIpc) is 2.99. The van der Waals surface area contributed by atoms with Crippen molar-refractivity contribution >= 4 is 10.9 Å². The maximum atomic E-state index is 9.50. The van der Waals surface area contributed by atoms with Crippen LogP contribution in [-0.4, -0.2) is 48.4 Å². The van der Waals surface area contributed by atoms with Gasteiger partial charge < -0.3 is 31.7 Å². The molecule has 2 aliphatic rings. The van der Waals surface area contributed by atoms with Crippen LogP contribution >= 0.6 is 0 Å². The largest absolute Gasteiger partial charge is 1.00 e. The zero-order chi connectivity index (χ0) is 17.6. The van der Waals surface area contributed by atoms with Gasteiger partial charge >= 0.3 is 0 Å². The molecule has 5 heteroatoms. The van der Waals surface area contributed by atoms with Crippen LogP contribution in [0.3, 0.4) is 0 Å². The second-order valence-electron chi connectivity index (χ2n) is 7.99. The first-order chi connectivity index (χ1) is 12.1. The van der Waals surface area contributed by atoms with Gasteiger partial charge in [0.1, 0.15) is 11.8 Å². The number of nitrogens with one attached hydrogen (secondary N) is 1. The molecule has 4 rings (SSSR count). The van der Waals surface area contributed by atoms with E-state index < -0.39 is 0 Å².